The highest BCUT2D eigenvalue weighted by Crippen LogP contribution is 2.38. The number of nitrogens with two attached hydrogens (primary N) is 1. The van der Waals surface area contributed by atoms with E-state index in [1.165, 1.54) is 11.3 Å². The molecule has 0 bridgehead atoms. The van der Waals surface area contributed by atoms with Gasteiger partial charge in [-0.2, -0.15) is 0 Å². The molecule has 5 rings (SSSR count). The van der Waals surface area contributed by atoms with Crippen LogP contribution in [-0.4, -0.2) is 44.9 Å². The minimum absolute atomic E-state index is 0.00926. The maximum atomic E-state index is 13.1. The van der Waals surface area contributed by atoms with Gasteiger partial charge in [0.1, 0.15) is 10.7 Å². The van der Waals surface area contributed by atoms with Crippen molar-refractivity contribution in [2.24, 2.45) is 11.7 Å². The second-order valence-corrected chi connectivity index (χ2v) is 10.0. The van der Waals surface area contributed by atoms with Gasteiger partial charge in [0, 0.05) is 36.0 Å². The molecule has 2 N–H and O–H groups in total. The fraction of sp³-hybridized carbons (Fsp3) is 0.400. The Morgan fingerprint density at radius 1 is 1.18 bits per heavy atom. The van der Waals surface area contributed by atoms with Crippen molar-refractivity contribution in [2.45, 2.75) is 51.8 Å². The second-order valence-electron chi connectivity index (χ2n) is 8.94. The number of aromatic nitrogens is 3. The molecule has 8 nitrogen and oxygen atoms in total. The van der Waals surface area contributed by atoms with E-state index >= 15 is 0 Å². The van der Waals surface area contributed by atoms with Crippen LogP contribution in [0.25, 0.3) is 21.8 Å². The van der Waals surface area contributed by atoms with Crippen molar-refractivity contribution >= 4 is 23.2 Å². The van der Waals surface area contributed by atoms with Gasteiger partial charge in [0.2, 0.25) is 5.91 Å². The van der Waals surface area contributed by atoms with E-state index in [1.54, 1.807) is 19.5 Å². The Morgan fingerprint density at radius 2 is 1.97 bits per heavy atom. The van der Waals surface area contributed by atoms with E-state index in [2.05, 4.69) is 9.97 Å². The van der Waals surface area contributed by atoms with E-state index in [1.807, 2.05) is 30.0 Å². The number of nitrogens with zero attached hydrogens (tertiary/aromatic N) is 4. The predicted molar refractivity (Wildman–Crippen MR) is 129 cm³/mol. The van der Waals surface area contributed by atoms with Crippen molar-refractivity contribution in [2.75, 3.05) is 7.11 Å². The van der Waals surface area contributed by atoms with Crippen molar-refractivity contribution in [1.29, 1.82) is 0 Å². The van der Waals surface area contributed by atoms with Crippen LogP contribution < -0.4 is 5.73 Å². The van der Waals surface area contributed by atoms with Crippen LogP contribution in [0.4, 0.5) is 0 Å². The van der Waals surface area contributed by atoms with Gasteiger partial charge < -0.3 is 15.4 Å². The lowest BCUT2D eigenvalue weighted by Crippen LogP contribution is -2.36. The minimum atomic E-state index is -0.550. The maximum absolute atomic E-state index is 13.1. The summed E-state index contributed by atoms with van der Waals surface area (Å²) in [4.78, 5) is 42.1. The summed E-state index contributed by atoms with van der Waals surface area (Å²) in [6.07, 6.45) is 7.26. The molecule has 1 saturated carbocycles. The second kappa shape index (κ2) is 9.23. The van der Waals surface area contributed by atoms with Gasteiger partial charge in [-0.1, -0.05) is 6.42 Å². The number of carbonyl (C=O) groups excluding carboxylic acids is 2. The average molecular weight is 478 g/mol. The number of hydrogen-bond donors (Lipinski definition) is 1. The molecule has 2 aliphatic rings. The SMILES string of the molecule is COC1CCCC(C(=O)N2Cc3nc(-c4nc(C)cc(-c5ccncc5)c4C(N)=O)sc3C2)C1. The Hall–Kier alpha value is -3.17. The number of thiazole rings is 1. The smallest absolute Gasteiger partial charge is 0.251 e. The number of carbonyl (C=O) groups is 2. The first-order valence-electron chi connectivity index (χ1n) is 11.5. The summed E-state index contributed by atoms with van der Waals surface area (Å²) in [5, 5.41) is 0.655. The molecule has 4 heterocycles. The van der Waals surface area contributed by atoms with E-state index in [9.17, 15) is 9.59 Å². The maximum Gasteiger partial charge on any atom is 0.251 e. The molecule has 3 aromatic heterocycles. The lowest BCUT2D eigenvalue weighted by atomic mass is 9.86. The summed E-state index contributed by atoms with van der Waals surface area (Å²) in [5.41, 5.74) is 9.86. The highest BCUT2D eigenvalue weighted by atomic mass is 32.1. The van der Waals surface area contributed by atoms with Crippen LogP contribution in [0.1, 0.15) is 52.3 Å². The first-order chi connectivity index (χ1) is 16.4. The number of primary amides is 1. The monoisotopic (exact) mass is 477 g/mol. The predicted octanol–water partition coefficient (Wildman–Crippen LogP) is 3.72. The number of amides is 2. The van der Waals surface area contributed by atoms with Crippen LogP contribution in [0.3, 0.4) is 0 Å². The number of rotatable bonds is 5. The standard InChI is InChI=1S/C25H27N5O3S/c1-14-10-18(15-6-8-27-9-7-15)21(23(26)31)22(28-14)24-29-19-12-30(13-20(19)34-24)25(32)16-4-3-5-17(11-16)33-2/h6-10,16-17H,3-5,11-13H2,1-2H3,(H2,26,31). The first kappa shape index (κ1) is 22.6. The molecule has 2 amide bonds. The molecule has 9 heteroatoms. The lowest BCUT2D eigenvalue weighted by Gasteiger charge is -2.30. The van der Waals surface area contributed by atoms with E-state index in [0.717, 1.165) is 53.1 Å². The molecular weight excluding hydrogens is 450 g/mol. The summed E-state index contributed by atoms with van der Waals surface area (Å²) >= 11 is 1.48. The van der Waals surface area contributed by atoms with Gasteiger partial charge in [0.15, 0.2) is 0 Å². The molecule has 0 spiro atoms. The van der Waals surface area contributed by atoms with Gasteiger partial charge in [0.25, 0.3) is 5.91 Å². The molecule has 3 aromatic rings. The van der Waals surface area contributed by atoms with Crippen LogP contribution in [0.2, 0.25) is 0 Å². The zero-order valence-electron chi connectivity index (χ0n) is 19.3. The van der Waals surface area contributed by atoms with Crippen LogP contribution in [0.15, 0.2) is 30.6 Å². The van der Waals surface area contributed by atoms with Crippen LogP contribution >= 0.6 is 11.3 Å². The summed E-state index contributed by atoms with van der Waals surface area (Å²) in [5.74, 6) is -0.360. The van der Waals surface area contributed by atoms with Gasteiger partial charge in [-0.15, -0.1) is 11.3 Å². The molecular formula is C25H27N5O3S. The topological polar surface area (TPSA) is 111 Å². The van der Waals surface area contributed by atoms with Gasteiger partial charge >= 0.3 is 0 Å². The van der Waals surface area contributed by atoms with Crippen molar-refractivity contribution in [1.82, 2.24) is 19.9 Å². The quantitative estimate of drug-likeness (QED) is 0.599. The fourth-order valence-electron chi connectivity index (χ4n) is 4.98. The van der Waals surface area contributed by atoms with Crippen LogP contribution in [0, 0.1) is 12.8 Å². The third-order valence-corrected chi connectivity index (χ3v) is 7.75. The highest BCUT2D eigenvalue weighted by molar-refractivity contribution is 7.15. The van der Waals surface area contributed by atoms with Crippen molar-refractivity contribution < 1.29 is 14.3 Å². The van der Waals surface area contributed by atoms with Crippen molar-refractivity contribution in [3.05, 3.63) is 52.4 Å². The van der Waals surface area contributed by atoms with Crippen molar-refractivity contribution in [3.63, 3.8) is 0 Å². The highest BCUT2D eigenvalue weighted by Gasteiger charge is 2.35. The Balaban J connectivity index is 1.43. The van der Waals surface area contributed by atoms with Gasteiger partial charge in [-0.25, -0.2) is 9.97 Å². The number of ether oxygens (including phenoxy) is 1. The molecule has 0 saturated heterocycles. The van der Waals surface area contributed by atoms with Gasteiger partial charge in [-0.05, 0) is 55.5 Å². The van der Waals surface area contributed by atoms with Crippen LogP contribution in [-0.2, 0) is 22.6 Å². The third-order valence-electron chi connectivity index (χ3n) is 6.66. The molecule has 1 aliphatic carbocycles. The Labute approximate surface area is 202 Å². The van der Waals surface area contributed by atoms with E-state index in [4.69, 9.17) is 15.5 Å². The average Bonchev–Trinajstić information content (AvgIpc) is 3.43. The van der Waals surface area contributed by atoms with E-state index < -0.39 is 5.91 Å². The fourth-order valence-corrected chi connectivity index (χ4v) is 6.06. The molecule has 1 fully saturated rings. The van der Waals surface area contributed by atoms with Crippen molar-refractivity contribution in [3.8, 4) is 21.8 Å². The number of fused-ring (bicyclic) bond motifs is 1. The molecule has 2 atom stereocenters. The number of pyridine rings is 2. The Morgan fingerprint density at radius 3 is 2.68 bits per heavy atom. The van der Waals surface area contributed by atoms with Crippen LogP contribution in [0.5, 0.6) is 0 Å². The molecule has 1 aliphatic heterocycles. The summed E-state index contributed by atoms with van der Waals surface area (Å²) in [6.45, 7) is 2.90. The molecule has 176 valence electrons. The number of aryl methyl sites for hydroxylation is 1. The normalized spacial score (nSPS) is 19.8. The minimum Gasteiger partial charge on any atom is -0.381 e. The molecule has 2 unspecified atom stereocenters. The third kappa shape index (κ3) is 4.21. The van der Waals surface area contributed by atoms with Gasteiger partial charge in [-0.3, -0.25) is 14.6 Å². The van der Waals surface area contributed by atoms with E-state index in [-0.39, 0.29) is 17.9 Å². The molecule has 34 heavy (non-hydrogen) atoms. The Kier molecular flexibility index (Phi) is 6.14. The molecule has 0 radical (unpaired) electrons. The van der Waals surface area contributed by atoms with E-state index in [0.29, 0.717) is 29.4 Å². The summed E-state index contributed by atoms with van der Waals surface area (Å²) < 4.78 is 5.50. The number of methoxy groups -OCH3 is 1. The summed E-state index contributed by atoms with van der Waals surface area (Å²) in [7, 11) is 1.72. The zero-order chi connectivity index (χ0) is 23.8. The lowest BCUT2D eigenvalue weighted by molar-refractivity contribution is -0.138. The summed E-state index contributed by atoms with van der Waals surface area (Å²) in [6, 6.07) is 5.55. The molecule has 0 aromatic carbocycles. The van der Waals surface area contributed by atoms with Gasteiger partial charge in [0.05, 0.1) is 30.5 Å². The zero-order valence-corrected chi connectivity index (χ0v) is 20.1. The first-order valence-corrected chi connectivity index (χ1v) is 12.3. The largest absolute Gasteiger partial charge is 0.381 e. The Bertz CT molecular complexity index is 1220. The number of hydrogen-bond acceptors (Lipinski definition) is 7.